The summed E-state index contributed by atoms with van der Waals surface area (Å²) in [5.41, 5.74) is 0.864. The fraction of sp³-hybridized carbons (Fsp3) is 0.533. The Labute approximate surface area is 123 Å². The zero-order chi connectivity index (χ0) is 13.7. The van der Waals surface area contributed by atoms with Gasteiger partial charge < -0.3 is 10.2 Å². The van der Waals surface area contributed by atoms with Gasteiger partial charge in [-0.15, -0.1) is 0 Å². The normalized spacial score (nSPS) is 17.4. The van der Waals surface area contributed by atoms with E-state index in [1.807, 2.05) is 24.3 Å². The van der Waals surface area contributed by atoms with Crippen LogP contribution in [0.25, 0.3) is 0 Å². The average molecular weight is 325 g/mol. The summed E-state index contributed by atoms with van der Waals surface area (Å²) in [7, 11) is 2.16. The molecule has 0 bridgehead atoms. The van der Waals surface area contributed by atoms with Crippen molar-refractivity contribution in [2.45, 2.75) is 25.7 Å². The number of amides is 1. The second-order valence-electron chi connectivity index (χ2n) is 5.34. The molecule has 1 amide bonds. The summed E-state index contributed by atoms with van der Waals surface area (Å²) in [5, 5.41) is 2.95. The maximum absolute atomic E-state index is 11.9. The van der Waals surface area contributed by atoms with Crippen LogP contribution in [0.2, 0.25) is 0 Å². The van der Waals surface area contributed by atoms with E-state index in [1.165, 1.54) is 12.8 Å². The molecule has 0 radical (unpaired) electrons. The summed E-state index contributed by atoms with van der Waals surface area (Å²) in [4.78, 5) is 14.3. The van der Waals surface area contributed by atoms with Crippen molar-refractivity contribution in [3.8, 4) is 0 Å². The number of halogens is 1. The molecule has 0 aromatic heterocycles. The van der Waals surface area contributed by atoms with Gasteiger partial charge in [-0.2, -0.15) is 0 Å². The molecule has 0 unspecified atom stereocenters. The van der Waals surface area contributed by atoms with Crippen LogP contribution in [0.1, 0.15) is 25.7 Å². The third-order valence-corrected chi connectivity index (χ3v) is 4.22. The third-order valence-electron chi connectivity index (χ3n) is 3.73. The Morgan fingerprint density at radius 2 is 2.16 bits per heavy atom. The molecular formula is C15H21BrN2O. The number of hydrogen-bond acceptors (Lipinski definition) is 2. The van der Waals surface area contributed by atoms with E-state index in [9.17, 15) is 4.79 Å². The Balaban J connectivity index is 1.73. The topological polar surface area (TPSA) is 32.3 Å². The summed E-state index contributed by atoms with van der Waals surface area (Å²) in [5.74, 6) is 0.835. The molecule has 0 spiro atoms. The molecule has 104 valence electrons. The van der Waals surface area contributed by atoms with Crippen molar-refractivity contribution in [3.63, 3.8) is 0 Å². The molecule has 1 N–H and O–H groups in total. The minimum absolute atomic E-state index is 0.122. The first-order valence-electron chi connectivity index (χ1n) is 6.87. The lowest BCUT2D eigenvalue weighted by atomic mass is 9.92. The van der Waals surface area contributed by atoms with Crippen LogP contribution >= 0.6 is 15.9 Å². The Morgan fingerprint density at radius 3 is 2.84 bits per heavy atom. The SMILES string of the molecule is CN1CCC(CCC(=O)Nc2cccc(Br)c2)CC1. The zero-order valence-corrected chi connectivity index (χ0v) is 12.9. The van der Waals surface area contributed by atoms with E-state index >= 15 is 0 Å². The highest BCUT2D eigenvalue weighted by Gasteiger charge is 2.17. The van der Waals surface area contributed by atoms with Gasteiger partial charge in [0, 0.05) is 16.6 Å². The number of carbonyl (C=O) groups is 1. The number of nitrogens with one attached hydrogen (secondary N) is 1. The van der Waals surface area contributed by atoms with Gasteiger partial charge in [-0.3, -0.25) is 4.79 Å². The van der Waals surface area contributed by atoms with Crippen LogP contribution in [0.15, 0.2) is 28.7 Å². The fourth-order valence-corrected chi connectivity index (χ4v) is 2.87. The van der Waals surface area contributed by atoms with Crippen LogP contribution in [0.5, 0.6) is 0 Å². The van der Waals surface area contributed by atoms with Crippen LogP contribution in [-0.2, 0) is 4.79 Å². The summed E-state index contributed by atoms with van der Waals surface area (Å²) in [6, 6.07) is 7.72. The van der Waals surface area contributed by atoms with E-state index < -0.39 is 0 Å². The number of likely N-dealkylation sites (tertiary alicyclic amines) is 1. The maximum atomic E-state index is 11.9. The lowest BCUT2D eigenvalue weighted by Gasteiger charge is -2.28. The highest BCUT2D eigenvalue weighted by molar-refractivity contribution is 9.10. The quantitative estimate of drug-likeness (QED) is 0.919. The smallest absolute Gasteiger partial charge is 0.224 e. The van der Waals surface area contributed by atoms with Crippen molar-refractivity contribution in [2.24, 2.45) is 5.92 Å². The van der Waals surface area contributed by atoms with Gasteiger partial charge in [-0.05, 0) is 63.5 Å². The van der Waals surface area contributed by atoms with Crippen molar-refractivity contribution in [2.75, 3.05) is 25.5 Å². The van der Waals surface area contributed by atoms with Crippen molar-refractivity contribution in [1.29, 1.82) is 0 Å². The number of nitrogens with zero attached hydrogens (tertiary/aromatic N) is 1. The van der Waals surface area contributed by atoms with Crippen LogP contribution < -0.4 is 5.32 Å². The van der Waals surface area contributed by atoms with Gasteiger partial charge in [0.1, 0.15) is 0 Å². The molecule has 19 heavy (non-hydrogen) atoms. The lowest BCUT2D eigenvalue weighted by molar-refractivity contribution is -0.116. The molecule has 1 aliphatic heterocycles. The molecule has 3 nitrogen and oxygen atoms in total. The number of rotatable bonds is 4. The standard InChI is InChI=1S/C15H21BrN2O/c1-18-9-7-12(8-10-18)5-6-15(19)17-14-4-2-3-13(16)11-14/h2-4,11-12H,5-10H2,1H3,(H,17,19). The van der Waals surface area contributed by atoms with Gasteiger partial charge in [-0.1, -0.05) is 22.0 Å². The third kappa shape index (κ3) is 4.96. The molecule has 2 rings (SSSR count). The number of anilines is 1. The van der Waals surface area contributed by atoms with Crippen molar-refractivity contribution in [1.82, 2.24) is 4.90 Å². The Morgan fingerprint density at radius 1 is 1.42 bits per heavy atom. The molecule has 1 aromatic carbocycles. The van der Waals surface area contributed by atoms with Crippen LogP contribution in [0.3, 0.4) is 0 Å². The van der Waals surface area contributed by atoms with Gasteiger partial charge in [0.25, 0.3) is 0 Å². The summed E-state index contributed by atoms with van der Waals surface area (Å²) in [6.07, 6.45) is 4.08. The van der Waals surface area contributed by atoms with E-state index in [0.717, 1.165) is 29.7 Å². The average Bonchev–Trinajstić information content (AvgIpc) is 2.38. The molecule has 1 aromatic rings. The van der Waals surface area contributed by atoms with Gasteiger partial charge in [-0.25, -0.2) is 0 Å². The number of benzene rings is 1. The largest absolute Gasteiger partial charge is 0.326 e. The predicted octanol–water partition coefficient (Wildman–Crippen LogP) is 3.51. The van der Waals surface area contributed by atoms with Gasteiger partial charge >= 0.3 is 0 Å². The number of carbonyl (C=O) groups excluding carboxylic acids is 1. The van der Waals surface area contributed by atoms with E-state index in [4.69, 9.17) is 0 Å². The zero-order valence-electron chi connectivity index (χ0n) is 11.4. The first kappa shape index (κ1) is 14.5. The fourth-order valence-electron chi connectivity index (χ4n) is 2.48. The molecule has 0 atom stereocenters. The summed E-state index contributed by atoms with van der Waals surface area (Å²) in [6.45, 7) is 2.33. The second-order valence-corrected chi connectivity index (χ2v) is 6.26. The van der Waals surface area contributed by atoms with Crippen molar-refractivity contribution >= 4 is 27.5 Å². The van der Waals surface area contributed by atoms with Gasteiger partial charge in [0.05, 0.1) is 0 Å². The van der Waals surface area contributed by atoms with Crippen molar-refractivity contribution < 1.29 is 4.79 Å². The van der Waals surface area contributed by atoms with Crippen LogP contribution in [0.4, 0.5) is 5.69 Å². The molecule has 1 aliphatic rings. The number of hydrogen-bond donors (Lipinski definition) is 1. The first-order chi connectivity index (χ1) is 9.13. The first-order valence-corrected chi connectivity index (χ1v) is 7.67. The highest BCUT2D eigenvalue weighted by Crippen LogP contribution is 2.21. The van der Waals surface area contributed by atoms with E-state index in [0.29, 0.717) is 12.3 Å². The molecular weight excluding hydrogens is 304 g/mol. The minimum atomic E-state index is 0.122. The molecule has 1 heterocycles. The summed E-state index contributed by atoms with van der Waals surface area (Å²) < 4.78 is 0.987. The lowest BCUT2D eigenvalue weighted by Crippen LogP contribution is -2.30. The van der Waals surface area contributed by atoms with Crippen LogP contribution in [-0.4, -0.2) is 30.9 Å². The highest BCUT2D eigenvalue weighted by atomic mass is 79.9. The van der Waals surface area contributed by atoms with Crippen LogP contribution in [0, 0.1) is 5.92 Å². The predicted molar refractivity (Wildman–Crippen MR) is 82.2 cm³/mol. The Kier molecular flexibility index (Phi) is 5.40. The maximum Gasteiger partial charge on any atom is 0.224 e. The van der Waals surface area contributed by atoms with Gasteiger partial charge in [0.15, 0.2) is 0 Å². The number of piperidine rings is 1. The van der Waals surface area contributed by atoms with Gasteiger partial charge in [0.2, 0.25) is 5.91 Å². The molecule has 4 heteroatoms. The monoisotopic (exact) mass is 324 g/mol. The minimum Gasteiger partial charge on any atom is -0.326 e. The van der Waals surface area contributed by atoms with E-state index in [1.54, 1.807) is 0 Å². The summed E-state index contributed by atoms with van der Waals surface area (Å²) >= 11 is 3.40. The molecule has 0 saturated carbocycles. The molecule has 1 fully saturated rings. The molecule has 0 aliphatic carbocycles. The Bertz CT molecular complexity index is 428. The second kappa shape index (κ2) is 7.06. The Hall–Kier alpha value is -0.870. The van der Waals surface area contributed by atoms with E-state index in [2.05, 4.69) is 33.2 Å². The van der Waals surface area contributed by atoms with Crippen molar-refractivity contribution in [3.05, 3.63) is 28.7 Å². The molecule has 1 saturated heterocycles. The van der Waals surface area contributed by atoms with E-state index in [-0.39, 0.29) is 5.91 Å².